The Morgan fingerprint density at radius 3 is 2.26 bits per heavy atom. The quantitative estimate of drug-likeness (QED) is 0.168. The van der Waals surface area contributed by atoms with Crippen molar-refractivity contribution in [2.45, 2.75) is 6.92 Å². The second kappa shape index (κ2) is 12.5. The van der Waals surface area contributed by atoms with Gasteiger partial charge in [0, 0.05) is 49.0 Å². The molecular weight excluding hydrogens is 745 g/mol. The number of hydrogen-bond acceptors (Lipinski definition) is 4. The Morgan fingerprint density at radius 1 is 0.630 bits per heavy atom. The van der Waals surface area contributed by atoms with E-state index in [1.54, 1.807) is 6.20 Å². The number of rotatable bonds is 3. The van der Waals surface area contributed by atoms with Crippen LogP contribution in [0.1, 0.15) is 5.56 Å². The van der Waals surface area contributed by atoms with Crippen LogP contribution in [0, 0.1) is 19.1 Å². The maximum Gasteiger partial charge on any atom is 0.155 e. The van der Waals surface area contributed by atoms with Gasteiger partial charge in [-0.25, -0.2) is 4.98 Å². The fourth-order valence-electron chi connectivity index (χ4n) is 5.79. The first-order chi connectivity index (χ1) is 22.3. The van der Waals surface area contributed by atoms with Crippen molar-refractivity contribution in [2.24, 2.45) is 0 Å². The molecule has 5 nitrogen and oxygen atoms in total. The molecule has 1 radical (unpaired) electrons. The van der Waals surface area contributed by atoms with Gasteiger partial charge in [-0.1, -0.05) is 77.7 Å². The van der Waals surface area contributed by atoms with Gasteiger partial charge in [0.2, 0.25) is 0 Å². The van der Waals surface area contributed by atoms with Crippen LogP contribution in [0.4, 0.5) is 0 Å². The van der Waals surface area contributed by atoms with E-state index in [0.29, 0.717) is 0 Å². The topological polar surface area (TPSA) is 56.7 Å². The number of aromatic nitrogens is 4. The predicted octanol–water partition coefficient (Wildman–Crippen LogP) is 9.79. The Kier molecular flexibility index (Phi) is 7.98. The maximum absolute atomic E-state index is 6.56. The summed E-state index contributed by atoms with van der Waals surface area (Å²) < 4.78 is 8.66. The van der Waals surface area contributed by atoms with E-state index < -0.39 is 0 Å². The zero-order valence-corrected chi connectivity index (χ0v) is 27.2. The molecule has 0 saturated carbocycles. The Morgan fingerprint density at radius 2 is 1.43 bits per heavy atom. The van der Waals surface area contributed by atoms with Crippen LogP contribution < -0.4 is 0 Å². The molecule has 9 aromatic rings. The van der Waals surface area contributed by atoms with Crippen molar-refractivity contribution in [3.63, 3.8) is 0 Å². The molecule has 9 rings (SSSR count). The van der Waals surface area contributed by atoms with Gasteiger partial charge in [-0.2, -0.15) is 0 Å². The fraction of sp³-hybridized carbons (Fsp3) is 0.0250. The minimum atomic E-state index is 0. The Hall–Kier alpha value is -5.42. The number of aryl methyl sites for hydroxylation is 1. The molecule has 0 aliphatic heterocycles. The van der Waals surface area contributed by atoms with Gasteiger partial charge in [0.05, 0.1) is 16.9 Å². The summed E-state index contributed by atoms with van der Waals surface area (Å²) in [5.74, 6) is 0.770. The average Bonchev–Trinajstić information content (AvgIpc) is 3.70. The van der Waals surface area contributed by atoms with Crippen LogP contribution in [-0.2, 0) is 20.1 Å². The molecular formula is C40H26IrN4O-2. The second-order valence-electron chi connectivity index (χ2n) is 10.8. The van der Waals surface area contributed by atoms with Crippen LogP contribution in [0.15, 0.2) is 144 Å². The molecule has 0 spiro atoms. The summed E-state index contributed by atoms with van der Waals surface area (Å²) in [6.45, 7) is 2.06. The zero-order valence-electron chi connectivity index (χ0n) is 24.8. The van der Waals surface area contributed by atoms with Crippen molar-refractivity contribution >= 4 is 43.9 Å². The van der Waals surface area contributed by atoms with Gasteiger partial charge in [0.25, 0.3) is 0 Å². The number of hydrogen-bond donors (Lipinski definition) is 0. The van der Waals surface area contributed by atoms with E-state index in [0.717, 1.165) is 77.8 Å². The third-order valence-corrected chi connectivity index (χ3v) is 7.96. The van der Waals surface area contributed by atoms with Crippen LogP contribution in [0.2, 0.25) is 0 Å². The van der Waals surface area contributed by atoms with E-state index in [2.05, 4.69) is 76.1 Å². The number of imidazole rings is 1. The Labute approximate surface area is 279 Å². The van der Waals surface area contributed by atoms with E-state index in [1.165, 1.54) is 0 Å². The van der Waals surface area contributed by atoms with Crippen LogP contribution >= 0.6 is 0 Å². The van der Waals surface area contributed by atoms with Crippen molar-refractivity contribution in [3.05, 3.63) is 157 Å². The van der Waals surface area contributed by atoms with E-state index in [1.807, 2.05) is 91.1 Å². The first-order valence-corrected chi connectivity index (χ1v) is 14.8. The smallest absolute Gasteiger partial charge is 0.155 e. The molecule has 0 saturated heterocycles. The molecule has 0 unspecified atom stereocenters. The molecule has 5 aromatic carbocycles. The van der Waals surface area contributed by atoms with Crippen molar-refractivity contribution in [1.29, 1.82) is 0 Å². The van der Waals surface area contributed by atoms with Gasteiger partial charge < -0.3 is 14.0 Å². The summed E-state index contributed by atoms with van der Waals surface area (Å²) in [7, 11) is 0. The number of para-hydroxylation sites is 1. The monoisotopic (exact) mass is 771 g/mol. The molecule has 46 heavy (non-hydrogen) atoms. The Balaban J connectivity index is 0.000000220. The zero-order chi connectivity index (χ0) is 30.2. The summed E-state index contributed by atoms with van der Waals surface area (Å²) in [5, 5.41) is 4.41. The third-order valence-electron chi connectivity index (χ3n) is 7.96. The van der Waals surface area contributed by atoms with E-state index in [4.69, 9.17) is 9.40 Å². The molecule has 0 N–H and O–H groups in total. The fourth-order valence-corrected chi connectivity index (χ4v) is 5.79. The van der Waals surface area contributed by atoms with Gasteiger partial charge >= 0.3 is 0 Å². The molecule has 4 heterocycles. The van der Waals surface area contributed by atoms with Crippen molar-refractivity contribution in [3.8, 4) is 28.3 Å². The van der Waals surface area contributed by atoms with Crippen molar-refractivity contribution in [2.75, 3.05) is 0 Å². The normalized spacial score (nSPS) is 11.0. The van der Waals surface area contributed by atoms with Gasteiger partial charge in [-0.05, 0) is 47.8 Å². The molecule has 0 fully saturated rings. The molecule has 223 valence electrons. The number of nitrogens with zero attached hydrogens (tertiary/aromatic N) is 4. The molecule has 0 amide bonds. The van der Waals surface area contributed by atoms with E-state index >= 15 is 0 Å². The molecule has 6 heteroatoms. The minimum Gasteiger partial charge on any atom is -0.500 e. The number of benzene rings is 5. The molecule has 0 atom stereocenters. The van der Waals surface area contributed by atoms with Gasteiger partial charge in [0.1, 0.15) is 5.58 Å². The van der Waals surface area contributed by atoms with Crippen LogP contribution in [0.3, 0.4) is 0 Å². The minimum absolute atomic E-state index is 0. The molecule has 0 aliphatic rings. The molecule has 4 aromatic heterocycles. The second-order valence-corrected chi connectivity index (χ2v) is 10.8. The summed E-state index contributed by atoms with van der Waals surface area (Å²) in [4.78, 5) is 14.0. The number of pyridine rings is 2. The average molecular weight is 771 g/mol. The van der Waals surface area contributed by atoms with Crippen LogP contribution in [0.25, 0.3) is 72.2 Å². The number of fused-ring (bicyclic) bond motifs is 6. The van der Waals surface area contributed by atoms with E-state index in [9.17, 15) is 0 Å². The van der Waals surface area contributed by atoms with Crippen molar-refractivity contribution in [1.82, 2.24) is 19.5 Å². The Bertz CT molecular complexity index is 2400. The summed E-state index contributed by atoms with van der Waals surface area (Å²) in [6.07, 6.45) is 3.62. The van der Waals surface area contributed by atoms with Gasteiger partial charge in [-0.15, -0.1) is 54.1 Å². The summed E-state index contributed by atoms with van der Waals surface area (Å²) in [5.41, 5.74) is 8.30. The van der Waals surface area contributed by atoms with Gasteiger partial charge in [-0.3, -0.25) is 4.98 Å². The number of furan rings is 1. The largest absolute Gasteiger partial charge is 0.500 e. The molecule has 0 aliphatic carbocycles. The first-order valence-electron chi connectivity index (χ1n) is 14.8. The standard InChI is InChI=1S/C29H18N3O.C11H8N.Ir/c1-18-16-17-30-29-25(18)31-28(32(29)20-9-3-2-4-10-20)24-13-7-12-22-23-15-14-19-8-5-6-11-21(19)26(23)33-27(22)24;1-2-6-10(7-3-1)11-8-4-5-9-12-11;/h2-12,14-17H,1H3;1-6,8-9H;/q2*-1;. The first kappa shape index (κ1) is 29.3. The van der Waals surface area contributed by atoms with Crippen LogP contribution in [-0.4, -0.2) is 19.5 Å². The SMILES string of the molecule is Cc1ccnc2c1nc(-c1[c-]ccc3c1oc1c4ccccc4ccc31)n2-c1ccccc1.[Ir].[c-]1ccccc1-c1ccccn1. The van der Waals surface area contributed by atoms with Gasteiger partial charge in [0.15, 0.2) is 5.65 Å². The maximum atomic E-state index is 6.56. The summed E-state index contributed by atoms with van der Waals surface area (Å²) in [6, 6.07) is 49.1. The van der Waals surface area contributed by atoms with Crippen LogP contribution in [0.5, 0.6) is 0 Å². The third kappa shape index (κ3) is 5.18. The molecule has 0 bridgehead atoms. The van der Waals surface area contributed by atoms with Crippen molar-refractivity contribution < 1.29 is 24.5 Å². The predicted molar refractivity (Wildman–Crippen MR) is 181 cm³/mol. The van der Waals surface area contributed by atoms with E-state index in [-0.39, 0.29) is 20.1 Å². The summed E-state index contributed by atoms with van der Waals surface area (Å²) >= 11 is 0.